The van der Waals surface area contributed by atoms with Crippen LogP contribution in [0.2, 0.25) is 5.15 Å². The Labute approximate surface area is 112 Å². The van der Waals surface area contributed by atoms with Gasteiger partial charge in [0.2, 0.25) is 0 Å². The summed E-state index contributed by atoms with van der Waals surface area (Å²) in [7, 11) is 0. The largest absolute Gasteiger partial charge is 0.446 e. The van der Waals surface area contributed by atoms with E-state index in [0.717, 1.165) is 24.1 Å². The highest BCUT2D eigenvalue weighted by molar-refractivity contribution is 9.10. The highest BCUT2D eigenvalue weighted by atomic mass is 79.9. The lowest BCUT2D eigenvalue weighted by Gasteiger charge is -2.15. The van der Waals surface area contributed by atoms with Crippen LogP contribution in [0.3, 0.4) is 0 Å². The first-order valence-corrected chi connectivity index (χ1v) is 6.72. The molecule has 1 aliphatic rings. The summed E-state index contributed by atoms with van der Waals surface area (Å²) in [5.74, 6) is 1.22. The van der Waals surface area contributed by atoms with Crippen LogP contribution in [0, 0.1) is 0 Å². The minimum Gasteiger partial charge on any atom is -0.446 e. The van der Waals surface area contributed by atoms with Crippen molar-refractivity contribution in [3.8, 4) is 11.6 Å². The normalized spacial score (nSPS) is 14.7. The molecular weight excluding hydrogens is 304 g/mol. The van der Waals surface area contributed by atoms with Crippen molar-refractivity contribution >= 4 is 27.5 Å². The summed E-state index contributed by atoms with van der Waals surface area (Å²) in [6.45, 7) is 0. The SMILES string of the molecule is Clc1nc(-c2ccc(Br)o2)nc2c1CCCC2. The number of halogens is 2. The standard InChI is InChI=1S/C12H10BrClN2O/c13-10-6-5-9(17-10)12-15-8-4-2-1-3-7(8)11(14)16-12/h5-6H,1-4H2. The van der Waals surface area contributed by atoms with E-state index in [1.54, 1.807) is 0 Å². The monoisotopic (exact) mass is 312 g/mol. The van der Waals surface area contributed by atoms with E-state index in [9.17, 15) is 0 Å². The summed E-state index contributed by atoms with van der Waals surface area (Å²) >= 11 is 9.47. The summed E-state index contributed by atoms with van der Waals surface area (Å²) in [5, 5.41) is 0.567. The van der Waals surface area contributed by atoms with Crippen LogP contribution in [0.4, 0.5) is 0 Å². The van der Waals surface area contributed by atoms with E-state index >= 15 is 0 Å². The Bertz CT molecular complexity index is 568. The van der Waals surface area contributed by atoms with Crippen LogP contribution in [0.25, 0.3) is 11.6 Å². The van der Waals surface area contributed by atoms with Crippen molar-refractivity contribution in [1.82, 2.24) is 9.97 Å². The number of hydrogen-bond acceptors (Lipinski definition) is 3. The Kier molecular flexibility index (Phi) is 2.92. The molecule has 88 valence electrons. The lowest BCUT2D eigenvalue weighted by Crippen LogP contribution is -2.08. The van der Waals surface area contributed by atoms with E-state index in [1.165, 1.54) is 12.8 Å². The van der Waals surface area contributed by atoms with E-state index in [0.29, 0.717) is 21.4 Å². The van der Waals surface area contributed by atoms with Crippen LogP contribution >= 0.6 is 27.5 Å². The zero-order valence-corrected chi connectivity index (χ0v) is 11.4. The Balaban J connectivity index is 2.10. The minimum atomic E-state index is 0.567. The Morgan fingerprint density at radius 2 is 2.00 bits per heavy atom. The second-order valence-corrected chi connectivity index (χ2v) is 5.21. The van der Waals surface area contributed by atoms with Crippen LogP contribution in [0.5, 0.6) is 0 Å². The summed E-state index contributed by atoms with van der Waals surface area (Å²) in [4.78, 5) is 8.86. The minimum absolute atomic E-state index is 0.567. The summed E-state index contributed by atoms with van der Waals surface area (Å²) in [6, 6.07) is 3.66. The molecule has 0 N–H and O–H groups in total. The van der Waals surface area contributed by atoms with Gasteiger partial charge in [0.15, 0.2) is 16.3 Å². The molecular formula is C12H10BrClN2O. The third-order valence-electron chi connectivity index (χ3n) is 2.93. The van der Waals surface area contributed by atoms with Crippen molar-refractivity contribution in [2.45, 2.75) is 25.7 Å². The van der Waals surface area contributed by atoms with E-state index in [2.05, 4.69) is 25.9 Å². The molecule has 0 saturated heterocycles. The van der Waals surface area contributed by atoms with Gasteiger partial charge in [-0.05, 0) is 53.7 Å². The fourth-order valence-corrected chi connectivity index (χ4v) is 2.68. The van der Waals surface area contributed by atoms with Gasteiger partial charge in [-0.1, -0.05) is 11.6 Å². The second-order valence-electron chi connectivity index (χ2n) is 4.07. The summed E-state index contributed by atoms with van der Waals surface area (Å²) in [6.07, 6.45) is 4.30. The van der Waals surface area contributed by atoms with Gasteiger partial charge in [-0.25, -0.2) is 9.97 Å². The smallest absolute Gasteiger partial charge is 0.197 e. The van der Waals surface area contributed by atoms with Crippen molar-refractivity contribution < 1.29 is 4.42 Å². The fourth-order valence-electron chi connectivity index (χ4n) is 2.09. The molecule has 0 aromatic carbocycles. The maximum Gasteiger partial charge on any atom is 0.197 e. The number of nitrogens with zero attached hydrogens (tertiary/aromatic N) is 2. The lowest BCUT2D eigenvalue weighted by molar-refractivity contribution is 0.549. The average molecular weight is 314 g/mol. The predicted octanol–water partition coefficient (Wildman–Crippen LogP) is 4.03. The number of aryl methyl sites for hydroxylation is 1. The van der Waals surface area contributed by atoms with Gasteiger partial charge in [-0.3, -0.25) is 0 Å². The number of hydrogen-bond donors (Lipinski definition) is 0. The maximum atomic E-state index is 6.20. The molecule has 1 aliphatic carbocycles. The van der Waals surface area contributed by atoms with E-state index in [1.807, 2.05) is 12.1 Å². The molecule has 0 saturated carbocycles. The third kappa shape index (κ3) is 2.11. The van der Waals surface area contributed by atoms with Gasteiger partial charge in [-0.15, -0.1) is 0 Å². The summed E-state index contributed by atoms with van der Waals surface area (Å²) in [5.41, 5.74) is 2.17. The number of furan rings is 1. The number of rotatable bonds is 1. The van der Waals surface area contributed by atoms with Crippen LogP contribution in [0.1, 0.15) is 24.1 Å². The molecule has 0 spiro atoms. The van der Waals surface area contributed by atoms with Gasteiger partial charge in [0.1, 0.15) is 5.15 Å². The Morgan fingerprint density at radius 1 is 1.18 bits per heavy atom. The quantitative estimate of drug-likeness (QED) is 0.746. The highest BCUT2D eigenvalue weighted by Crippen LogP contribution is 2.29. The molecule has 3 nitrogen and oxygen atoms in total. The van der Waals surface area contributed by atoms with Crippen molar-refractivity contribution in [2.75, 3.05) is 0 Å². The first-order valence-electron chi connectivity index (χ1n) is 5.55. The maximum absolute atomic E-state index is 6.20. The van der Waals surface area contributed by atoms with Gasteiger partial charge in [0.25, 0.3) is 0 Å². The molecule has 2 aromatic heterocycles. The molecule has 0 radical (unpaired) electrons. The van der Waals surface area contributed by atoms with Gasteiger partial charge >= 0.3 is 0 Å². The van der Waals surface area contributed by atoms with Crippen LogP contribution < -0.4 is 0 Å². The topological polar surface area (TPSA) is 38.9 Å². The molecule has 5 heteroatoms. The molecule has 2 heterocycles. The second kappa shape index (κ2) is 4.42. The molecule has 0 amide bonds. The van der Waals surface area contributed by atoms with Crippen LogP contribution in [-0.4, -0.2) is 9.97 Å². The Hall–Kier alpha value is -0.870. The lowest BCUT2D eigenvalue weighted by atomic mass is 9.97. The number of aromatic nitrogens is 2. The summed E-state index contributed by atoms with van der Waals surface area (Å²) < 4.78 is 6.12. The fraction of sp³-hybridized carbons (Fsp3) is 0.333. The molecule has 0 unspecified atom stereocenters. The molecule has 0 aliphatic heterocycles. The van der Waals surface area contributed by atoms with E-state index in [4.69, 9.17) is 16.0 Å². The van der Waals surface area contributed by atoms with Crippen molar-refractivity contribution in [3.63, 3.8) is 0 Å². The van der Waals surface area contributed by atoms with Crippen LogP contribution in [-0.2, 0) is 12.8 Å². The first kappa shape index (κ1) is 11.2. The Morgan fingerprint density at radius 3 is 2.76 bits per heavy atom. The number of fused-ring (bicyclic) bond motifs is 1. The van der Waals surface area contributed by atoms with Gasteiger partial charge in [0, 0.05) is 11.3 Å². The van der Waals surface area contributed by atoms with Gasteiger partial charge in [0.05, 0.1) is 0 Å². The zero-order valence-electron chi connectivity index (χ0n) is 9.04. The molecule has 0 fully saturated rings. The van der Waals surface area contributed by atoms with E-state index < -0.39 is 0 Å². The van der Waals surface area contributed by atoms with Crippen molar-refractivity contribution in [1.29, 1.82) is 0 Å². The molecule has 2 aromatic rings. The highest BCUT2D eigenvalue weighted by Gasteiger charge is 2.18. The molecule has 3 rings (SSSR count). The van der Waals surface area contributed by atoms with Gasteiger partial charge < -0.3 is 4.42 Å². The molecule has 17 heavy (non-hydrogen) atoms. The van der Waals surface area contributed by atoms with Gasteiger partial charge in [-0.2, -0.15) is 0 Å². The van der Waals surface area contributed by atoms with E-state index in [-0.39, 0.29) is 0 Å². The zero-order chi connectivity index (χ0) is 11.8. The molecule has 0 atom stereocenters. The third-order valence-corrected chi connectivity index (χ3v) is 3.67. The first-order chi connectivity index (χ1) is 8.24. The van der Waals surface area contributed by atoms with Crippen molar-refractivity contribution in [3.05, 3.63) is 33.2 Å². The average Bonchev–Trinajstić information content (AvgIpc) is 2.76. The van der Waals surface area contributed by atoms with Crippen molar-refractivity contribution in [2.24, 2.45) is 0 Å². The van der Waals surface area contributed by atoms with Crippen LogP contribution in [0.15, 0.2) is 21.2 Å². The predicted molar refractivity (Wildman–Crippen MR) is 69.1 cm³/mol. The molecule has 0 bridgehead atoms.